The summed E-state index contributed by atoms with van der Waals surface area (Å²) in [6.45, 7) is 2.11. The average molecular weight is 172 g/mol. The zero-order chi connectivity index (χ0) is 7.40. The summed E-state index contributed by atoms with van der Waals surface area (Å²) < 4.78 is 0. The zero-order valence-corrected chi connectivity index (χ0v) is 7.30. The Morgan fingerprint density at radius 3 is 3.10 bits per heavy atom. The van der Waals surface area contributed by atoms with Gasteiger partial charge < -0.3 is 0 Å². The first-order valence-corrected chi connectivity index (χ1v) is 4.49. The summed E-state index contributed by atoms with van der Waals surface area (Å²) in [6.07, 6.45) is 0. The fourth-order valence-electron chi connectivity index (χ4n) is 0.657. The number of hydrogen-bond donors (Lipinski definition) is 0. The molecule has 1 aromatic carbocycles. The molecule has 10 heavy (non-hydrogen) atoms. The second-order valence-electron chi connectivity index (χ2n) is 1.80. The number of thioether (sulfide) groups is 1. The molecule has 2 heteroatoms. The minimum absolute atomic E-state index is 0.787. The quantitative estimate of drug-likeness (QED) is 0.616. The lowest BCUT2D eigenvalue weighted by atomic mass is 10.4. The van der Waals surface area contributed by atoms with E-state index in [-0.39, 0.29) is 0 Å². The molecule has 0 unspecified atom stereocenters. The van der Waals surface area contributed by atoms with E-state index in [2.05, 4.69) is 13.0 Å². The molecule has 0 heterocycles. The van der Waals surface area contributed by atoms with Gasteiger partial charge >= 0.3 is 0 Å². The van der Waals surface area contributed by atoms with Crippen molar-refractivity contribution in [3.63, 3.8) is 0 Å². The second-order valence-corrected chi connectivity index (χ2v) is 3.55. The first-order valence-electron chi connectivity index (χ1n) is 3.13. The molecule has 0 aromatic heterocycles. The maximum Gasteiger partial charge on any atom is 0.0417 e. The second kappa shape index (κ2) is 3.89. The molecule has 0 nitrogen and oxygen atoms in total. The van der Waals surface area contributed by atoms with Crippen LogP contribution in [0.15, 0.2) is 23.1 Å². The Hall–Kier alpha value is -0.140. The summed E-state index contributed by atoms with van der Waals surface area (Å²) in [6, 6.07) is 8.70. The summed E-state index contributed by atoms with van der Waals surface area (Å²) in [5, 5.41) is 0.787. The Balaban J connectivity index is 2.75. The minimum atomic E-state index is 0.787. The van der Waals surface area contributed by atoms with E-state index in [1.807, 2.05) is 18.2 Å². The van der Waals surface area contributed by atoms with Crippen molar-refractivity contribution in [2.24, 2.45) is 0 Å². The van der Waals surface area contributed by atoms with Gasteiger partial charge in [-0.05, 0) is 24.0 Å². The highest BCUT2D eigenvalue weighted by atomic mass is 35.5. The van der Waals surface area contributed by atoms with Gasteiger partial charge in [-0.2, -0.15) is 0 Å². The lowest BCUT2D eigenvalue weighted by molar-refractivity contribution is 1.42. The van der Waals surface area contributed by atoms with Gasteiger partial charge in [-0.1, -0.05) is 24.6 Å². The SMILES string of the molecule is CCSc1[c]ccc(Cl)c1. The van der Waals surface area contributed by atoms with Gasteiger partial charge in [0, 0.05) is 9.92 Å². The zero-order valence-electron chi connectivity index (χ0n) is 5.73. The van der Waals surface area contributed by atoms with Gasteiger partial charge in [-0.25, -0.2) is 0 Å². The van der Waals surface area contributed by atoms with Gasteiger partial charge in [0.05, 0.1) is 0 Å². The topological polar surface area (TPSA) is 0 Å². The fraction of sp³-hybridized carbons (Fsp3) is 0.250. The highest BCUT2D eigenvalue weighted by Crippen LogP contribution is 2.19. The largest absolute Gasteiger partial charge is 0.126 e. The molecule has 0 bridgehead atoms. The first kappa shape index (κ1) is 7.96. The maximum atomic E-state index is 5.75. The standard InChI is InChI=1S/C8H8ClS/c1-2-10-8-5-3-4-7(9)6-8/h3-4,6H,2H2,1H3. The van der Waals surface area contributed by atoms with Crippen molar-refractivity contribution in [3.05, 3.63) is 29.3 Å². The number of benzene rings is 1. The van der Waals surface area contributed by atoms with E-state index in [4.69, 9.17) is 11.6 Å². The Bertz CT molecular complexity index is 210. The van der Waals surface area contributed by atoms with Crippen molar-refractivity contribution in [1.82, 2.24) is 0 Å². The molecule has 0 saturated carbocycles. The molecule has 0 amide bonds. The molecule has 0 aliphatic heterocycles. The average Bonchev–Trinajstić information content (AvgIpc) is 1.88. The molecule has 1 radical (unpaired) electrons. The van der Waals surface area contributed by atoms with Crippen molar-refractivity contribution in [2.45, 2.75) is 11.8 Å². The molecule has 0 N–H and O–H groups in total. The summed E-state index contributed by atoms with van der Waals surface area (Å²) in [5.74, 6) is 1.07. The number of hydrogen-bond acceptors (Lipinski definition) is 1. The van der Waals surface area contributed by atoms with Crippen LogP contribution in [0.5, 0.6) is 0 Å². The van der Waals surface area contributed by atoms with Crippen LogP contribution in [0.2, 0.25) is 5.02 Å². The third-order valence-electron chi connectivity index (χ3n) is 1.04. The van der Waals surface area contributed by atoms with Gasteiger partial charge in [-0.15, -0.1) is 11.8 Å². The normalized spacial score (nSPS) is 9.80. The van der Waals surface area contributed by atoms with Gasteiger partial charge in [-0.3, -0.25) is 0 Å². The van der Waals surface area contributed by atoms with Crippen molar-refractivity contribution < 1.29 is 0 Å². The summed E-state index contributed by atoms with van der Waals surface area (Å²) in [5.41, 5.74) is 0. The third kappa shape index (κ3) is 2.24. The monoisotopic (exact) mass is 171 g/mol. The van der Waals surface area contributed by atoms with Gasteiger partial charge in [0.2, 0.25) is 0 Å². The Kier molecular flexibility index (Phi) is 3.10. The van der Waals surface area contributed by atoms with Gasteiger partial charge in [0.15, 0.2) is 0 Å². The van der Waals surface area contributed by atoms with Crippen LogP contribution in [0, 0.1) is 6.07 Å². The van der Waals surface area contributed by atoms with E-state index in [1.54, 1.807) is 11.8 Å². The van der Waals surface area contributed by atoms with E-state index in [1.165, 1.54) is 0 Å². The minimum Gasteiger partial charge on any atom is -0.126 e. The van der Waals surface area contributed by atoms with E-state index in [0.717, 1.165) is 15.7 Å². The van der Waals surface area contributed by atoms with E-state index >= 15 is 0 Å². The Morgan fingerprint density at radius 2 is 2.50 bits per heavy atom. The van der Waals surface area contributed by atoms with Crippen LogP contribution in [-0.4, -0.2) is 5.75 Å². The van der Waals surface area contributed by atoms with E-state index in [9.17, 15) is 0 Å². The van der Waals surface area contributed by atoms with Crippen LogP contribution in [-0.2, 0) is 0 Å². The molecule has 53 valence electrons. The molecular formula is C8H8ClS. The van der Waals surface area contributed by atoms with Crippen molar-refractivity contribution in [1.29, 1.82) is 0 Å². The van der Waals surface area contributed by atoms with Crippen LogP contribution >= 0.6 is 23.4 Å². The number of halogens is 1. The molecule has 0 aliphatic rings. The molecule has 1 aromatic rings. The maximum absolute atomic E-state index is 5.75. The lowest BCUT2D eigenvalue weighted by Crippen LogP contribution is -1.71. The summed E-state index contributed by atoms with van der Waals surface area (Å²) in [4.78, 5) is 1.12. The summed E-state index contributed by atoms with van der Waals surface area (Å²) >= 11 is 7.50. The van der Waals surface area contributed by atoms with Crippen molar-refractivity contribution in [3.8, 4) is 0 Å². The molecule has 0 fully saturated rings. The van der Waals surface area contributed by atoms with Crippen LogP contribution in [0.3, 0.4) is 0 Å². The molecular weight excluding hydrogens is 164 g/mol. The lowest BCUT2D eigenvalue weighted by Gasteiger charge is -1.95. The summed E-state index contributed by atoms with van der Waals surface area (Å²) in [7, 11) is 0. The predicted molar refractivity (Wildman–Crippen MR) is 46.7 cm³/mol. The van der Waals surface area contributed by atoms with Crippen LogP contribution < -0.4 is 0 Å². The van der Waals surface area contributed by atoms with Crippen LogP contribution in [0.4, 0.5) is 0 Å². The molecule has 0 aliphatic carbocycles. The van der Waals surface area contributed by atoms with Crippen molar-refractivity contribution >= 4 is 23.4 Å². The van der Waals surface area contributed by atoms with Crippen molar-refractivity contribution in [2.75, 3.05) is 5.75 Å². The van der Waals surface area contributed by atoms with E-state index < -0.39 is 0 Å². The molecule has 0 saturated heterocycles. The van der Waals surface area contributed by atoms with Gasteiger partial charge in [0.1, 0.15) is 0 Å². The molecule has 0 spiro atoms. The highest BCUT2D eigenvalue weighted by Gasteiger charge is 1.91. The van der Waals surface area contributed by atoms with E-state index in [0.29, 0.717) is 0 Å². The predicted octanol–water partition coefficient (Wildman–Crippen LogP) is 3.25. The smallest absolute Gasteiger partial charge is 0.0417 e. The molecule has 1 rings (SSSR count). The Morgan fingerprint density at radius 1 is 1.70 bits per heavy atom. The van der Waals surface area contributed by atoms with Crippen LogP contribution in [0.1, 0.15) is 6.92 Å². The first-order chi connectivity index (χ1) is 4.83. The highest BCUT2D eigenvalue weighted by molar-refractivity contribution is 7.99. The third-order valence-corrected chi connectivity index (χ3v) is 2.11. The number of rotatable bonds is 2. The Labute approximate surface area is 70.6 Å². The fourth-order valence-corrected chi connectivity index (χ4v) is 1.57. The van der Waals surface area contributed by atoms with Crippen LogP contribution in [0.25, 0.3) is 0 Å². The molecule has 0 atom stereocenters. The van der Waals surface area contributed by atoms with Gasteiger partial charge in [0.25, 0.3) is 0 Å².